The van der Waals surface area contributed by atoms with E-state index in [4.69, 9.17) is 5.73 Å². The van der Waals surface area contributed by atoms with E-state index >= 15 is 0 Å². The fourth-order valence-corrected chi connectivity index (χ4v) is 3.09. The molecule has 1 unspecified atom stereocenters. The average molecular weight is 277 g/mol. The summed E-state index contributed by atoms with van der Waals surface area (Å²) in [6.45, 7) is 2.23. The third kappa shape index (κ3) is 3.72. The number of nitrogens with two attached hydrogens (primary N) is 1. The fourth-order valence-electron chi connectivity index (χ4n) is 1.91. The molecule has 2 nitrogen and oxygen atoms in total. The van der Waals surface area contributed by atoms with Crippen LogP contribution in [0.15, 0.2) is 47.4 Å². The van der Waals surface area contributed by atoms with Crippen LogP contribution in [0.25, 0.3) is 0 Å². The van der Waals surface area contributed by atoms with Gasteiger partial charge in [0.2, 0.25) is 0 Å². The summed E-state index contributed by atoms with van der Waals surface area (Å²) in [4.78, 5) is 0.763. The van der Waals surface area contributed by atoms with Gasteiger partial charge in [0.15, 0.2) is 0 Å². The van der Waals surface area contributed by atoms with Crippen LogP contribution in [0.2, 0.25) is 0 Å². The molecule has 0 aliphatic rings. The van der Waals surface area contributed by atoms with Crippen molar-refractivity contribution < 1.29 is 8.60 Å². The Kier molecular flexibility index (Phi) is 4.45. The number of hydrogen-bond donors (Lipinski definition) is 1. The van der Waals surface area contributed by atoms with Crippen molar-refractivity contribution in [2.45, 2.75) is 24.1 Å². The van der Waals surface area contributed by atoms with E-state index in [-0.39, 0.29) is 12.4 Å². The Morgan fingerprint density at radius 1 is 1.16 bits per heavy atom. The van der Waals surface area contributed by atoms with E-state index in [2.05, 4.69) is 0 Å². The van der Waals surface area contributed by atoms with Gasteiger partial charge in [-0.1, -0.05) is 18.2 Å². The molecule has 19 heavy (non-hydrogen) atoms. The SMILES string of the molecule is Cc1cccc(S(=O)Cc2cc(F)cc(CN)c2)c1. The van der Waals surface area contributed by atoms with Crippen molar-refractivity contribution >= 4 is 10.8 Å². The summed E-state index contributed by atoms with van der Waals surface area (Å²) in [5.41, 5.74) is 8.00. The van der Waals surface area contributed by atoms with Gasteiger partial charge in [-0.25, -0.2) is 4.39 Å². The first-order valence-electron chi connectivity index (χ1n) is 6.02. The van der Waals surface area contributed by atoms with Gasteiger partial charge in [0, 0.05) is 11.4 Å². The van der Waals surface area contributed by atoms with Crippen molar-refractivity contribution in [3.63, 3.8) is 0 Å². The molecule has 0 aliphatic heterocycles. The highest BCUT2D eigenvalue weighted by Crippen LogP contribution is 2.16. The zero-order valence-electron chi connectivity index (χ0n) is 10.7. The second kappa shape index (κ2) is 6.08. The first-order valence-corrected chi connectivity index (χ1v) is 7.34. The molecule has 4 heteroatoms. The van der Waals surface area contributed by atoms with E-state index in [0.717, 1.165) is 16.0 Å². The van der Waals surface area contributed by atoms with Crippen LogP contribution in [0.1, 0.15) is 16.7 Å². The molecule has 0 bridgehead atoms. The molecule has 2 rings (SSSR count). The number of benzene rings is 2. The van der Waals surface area contributed by atoms with Crippen LogP contribution in [-0.4, -0.2) is 4.21 Å². The normalized spacial score (nSPS) is 12.4. The highest BCUT2D eigenvalue weighted by Gasteiger charge is 2.07. The predicted molar refractivity (Wildman–Crippen MR) is 75.6 cm³/mol. The quantitative estimate of drug-likeness (QED) is 0.933. The van der Waals surface area contributed by atoms with Gasteiger partial charge in [-0.3, -0.25) is 4.21 Å². The second-order valence-corrected chi connectivity index (χ2v) is 5.93. The molecule has 0 spiro atoms. The lowest BCUT2D eigenvalue weighted by Crippen LogP contribution is -2.01. The van der Waals surface area contributed by atoms with E-state index < -0.39 is 10.8 Å². The van der Waals surface area contributed by atoms with Crippen molar-refractivity contribution in [3.8, 4) is 0 Å². The van der Waals surface area contributed by atoms with Gasteiger partial charge in [-0.15, -0.1) is 0 Å². The number of halogens is 1. The maximum absolute atomic E-state index is 13.4. The fraction of sp³-hybridized carbons (Fsp3) is 0.200. The minimum atomic E-state index is -1.17. The Bertz CT molecular complexity index is 613. The molecular formula is C15H16FNOS. The molecule has 0 amide bonds. The summed E-state index contributed by atoms with van der Waals surface area (Å²) in [6.07, 6.45) is 0. The molecule has 2 N–H and O–H groups in total. The zero-order valence-corrected chi connectivity index (χ0v) is 11.5. The van der Waals surface area contributed by atoms with Crippen LogP contribution >= 0.6 is 0 Å². The summed E-state index contributed by atoms with van der Waals surface area (Å²) >= 11 is 0. The molecule has 0 fully saturated rings. The highest BCUT2D eigenvalue weighted by molar-refractivity contribution is 7.84. The lowest BCUT2D eigenvalue weighted by molar-refractivity contribution is 0.623. The van der Waals surface area contributed by atoms with Crippen LogP contribution in [0.3, 0.4) is 0 Å². The summed E-state index contributed by atoms with van der Waals surface area (Å²) in [5.74, 6) is -0.0343. The number of rotatable bonds is 4. The highest BCUT2D eigenvalue weighted by atomic mass is 32.2. The Morgan fingerprint density at radius 2 is 1.89 bits per heavy atom. The van der Waals surface area contributed by atoms with E-state index in [9.17, 15) is 8.60 Å². The van der Waals surface area contributed by atoms with Crippen molar-refractivity contribution in [2.75, 3.05) is 0 Å². The third-order valence-corrected chi connectivity index (χ3v) is 4.18. The Morgan fingerprint density at radius 3 is 2.58 bits per heavy atom. The van der Waals surface area contributed by atoms with Gasteiger partial charge >= 0.3 is 0 Å². The summed E-state index contributed by atoms with van der Waals surface area (Å²) < 4.78 is 25.6. The van der Waals surface area contributed by atoms with Crippen LogP contribution in [0.4, 0.5) is 4.39 Å². The third-order valence-electron chi connectivity index (χ3n) is 2.80. The second-order valence-electron chi connectivity index (χ2n) is 4.48. The lowest BCUT2D eigenvalue weighted by atomic mass is 10.1. The first kappa shape index (κ1) is 13.9. The van der Waals surface area contributed by atoms with Crippen LogP contribution in [0, 0.1) is 12.7 Å². The van der Waals surface area contributed by atoms with Crippen molar-refractivity contribution in [1.82, 2.24) is 0 Å². The van der Waals surface area contributed by atoms with E-state index in [0.29, 0.717) is 11.3 Å². The summed E-state index contributed by atoms with van der Waals surface area (Å²) in [6, 6.07) is 12.2. The molecular weight excluding hydrogens is 261 g/mol. The summed E-state index contributed by atoms with van der Waals surface area (Å²) in [7, 11) is -1.17. The van der Waals surface area contributed by atoms with Crippen LogP contribution in [0.5, 0.6) is 0 Å². The van der Waals surface area contributed by atoms with E-state index in [1.165, 1.54) is 12.1 Å². The van der Waals surface area contributed by atoms with Crippen LogP contribution in [-0.2, 0) is 23.1 Å². The van der Waals surface area contributed by atoms with Gasteiger partial charge < -0.3 is 5.73 Å². The molecule has 0 radical (unpaired) electrons. The Labute approximate surface area is 114 Å². The minimum Gasteiger partial charge on any atom is -0.326 e. The number of aryl methyl sites for hydroxylation is 1. The topological polar surface area (TPSA) is 43.1 Å². The largest absolute Gasteiger partial charge is 0.326 e. The molecule has 0 saturated heterocycles. The van der Waals surface area contributed by atoms with E-state index in [1.54, 1.807) is 6.07 Å². The smallest absolute Gasteiger partial charge is 0.123 e. The Balaban J connectivity index is 2.21. The lowest BCUT2D eigenvalue weighted by Gasteiger charge is -2.06. The van der Waals surface area contributed by atoms with Crippen molar-refractivity contribution in [3.05, 3.63) is 65.0 Å². The molecule has 100 valence electrons. The zero-order chi connectivity index (χ0) is 13.8. The molecule has 0 aromatic heterocycles. The van der Waals surface area contributed by atoms with E-state index in [1.807, 2.05) is 31.2 Å². The summed E-state index contributed by atoms with van der Waals surface area (Å²) in [5, 5.41) is 0. The number of hydrogen-bond acceptors (Lipinski definition) is 2. The van der Waals surface area contributed by atoms with Gasteiger partial charge in [0.25, 0.3) is 0 Å². The van der Waals surface area contributed by atoms with Gasteiger partial charge in [-0.05, 0) is 47.9 Å². The minimum absolute atomic E-state index is 0.280. The van der Waals surface area contributed by atoms with Gasteiger partial charge in [0.1, 0.15) is 5.82 Å². The standard InChI is InChI=1S/C15H16FNOS/c1-11-3-2-4-15(5-11)19(18)10-13-6-12(9-17)7-14(16)8-13/h2-8H,9-10,17H2,1H3. The molecule has 0 aliphatic carbocycles. The average Bonchev–Trinajstić information content (AvgIpc) is 2.38. The van der Waals surface area contributed by atoms with Crippen molar-refractivity contribution in [1.29, 1.82) is 0 Å². The first-order chi connectivity index (χ1) is 9.08. The van der Waals surface area contributed by atoms with Crippen molar-refractivity contribution in [2.24, 2.45) is 5.73 Å². The molecule has 0 heterocycles. The van der Waals surface area contributed by atoms with Crippen LogP contribution < -0.4 is 5.73 Å². The Hall–Kier alpha value is -1.52. The van der Waals surface area contributed by atoms with Gasteiger partial charge in [-0.2, -0.15) is 0 Å². The predicted octanol–water partition coefficient (Wildman–Crippen LogP) is 2.90. The van der Waals surface area contributed by atoms with Gasteiger partial charge in [0.05, 0.1) is 16.6 Å². The molecule has 1 atom stereocenters. The molecule has 0 saturated carbocycles. The maximum Gasteiger partial charge on any atom is 0.123 e. The molecule has 2 aromatic rings. The monoisotopic (exact) mass is 277 g/mol. The molecule has 2 aromatic carbocycles. The maximum atomic E-state index is 13.4.